The molecule has 0 unspecified atom stereocenters. The third-order valence-corrected chi connectivity index (χ3v) is 2.23. The smallest absolute Gasteiger partial charge is 0.354 e. The van der Waals surface area contributed by atoms with Crippen LogP contribution in [0.4, 0.5) is 11.4 Å². The number of hydrogen-bond donors (Lipinski definition) is 2. The van der Waals surface area contributed by atoms with Crippen molar-refractivity contribution in [1.82, 2.24) is 0 Å². The van der Waals surface area contributed by atoms with E-state index in [-0.39, 0.29) is 12.1 Å². The average Bonchev–Trinajstić information content (AvgIpc) is 2.43. The molecule has 7 nitrogen and oxygen atoms in total. The summed E-state index contributed by atoms with van der Waals surface area (Å²) in [5, 5.41) is 3.82. The van der Waals surface area contributed by atoms with Crippen molar-refractivity contribution < 1.29 is 19.1 Å². The highest BCUT2D eigenvalue weighted by Crippen LogP contribution is 2.16. The number of carbonyl (C=O) groups is 2. The van der Waals surface area contributed by atoms with Crippen molar-refractivity contribution in [2.24, 2.45) is 5.10 Å². The Morgan fingerprint density at radius 3 is 2.53 bits per heavy atom. The maximum atomic E-state index is 11.4. The minimum absolute atomic E-state index is 0.0994. The topological polar surface area (TPSA) is 103 Å². The van der Waals surface area contributed by atoms with Gasteiger partial charge in [-0.3, -0.25) is 10.2 Å². The van der Waals surface area contributed by atoms with Gasteiger partial charge >= 0.3 is 11.9 Å². The van der Waals surface area contributed by atoms with Gasteiger partial charge in [-0.15, -0.1) is 0 Å². The number of esters is 2. The Morgan fingerprint density at radius 2 is 1.95 bits per heavy atom. The average molecular weight is 265 g/mol. The predicted molar refractivity (Wildman–Crippen MR) is 70.6 cm³/mol. The van der Waals surface area contributed by atoms with Gasteiger partial charge in [0.1, 0.15) is 0 Å². The van der Waals surface area contributed by atoms with Crippen LogP contribution in [0.3, 0.4) is 0 Å². The van der Waals surface area contributed by atoms with Gasteiger partial charge in [-0.05, 0) is 12.1 Å². The predicted octanol–water partition coefficient (Wildman–Crippen LogP) is 0.773. The van der Waals surface area contributed by atoms with Gasteiger partial charge in [0, 0.05) is 0 Å². The molecule has 0 aliphatic heterocycles. The van der Waals surface area contributed by atoms with E-state index in [9.17, 15) is 9.59 Å². The highest BCUT2D eigenvalue weighted by atomic mass is 16.5. The second kappa shape index (κ2) is 7.00. The normalized spacial score (nSPS) is 10.7. The molecule has 0 atom stereocenters. The molecule has 1 aromatic carbocycles. The third-order valence-electron chi connectivity index (χ3n) is 2.23. The van der Waals surface area contributed by atoms with Crippen LogP contribution in [0.5, 0.6) is 0 Å². The van der Waals surface area contributed by atoms with Gasteiger partial charge in [-0.1, -0.05) is 12.1 Å². The highest BCUT2D eigenvalue weighted by molar-refractivity contribution is 6.39. The lowest BCUT2D eigenvalue weighted by Gasteiger charge is -2.06. The zero-order valence-corrected chi connectivity index (χ0v) is 10.7. The standard InChI is InChI=1S/C12H15N3O4/c1-18-11(16)7-10(12(17)19-2)15-14-9-6-4-3-5-8(9)13/h3-6,14H,7,13H2,1-2H3/b15-10-. The quantitative estimate of drug-likeness (QED) is 0.353. The van der Waals surface area contributed by atoms with Crippen molar-refractivity contribution in [2.45, 2.75) is 6.42 Å². The van der Waals surface area contributed by atoms with E-state index in [2.05, 4.69) is 20.0 Å². The second-order valence-electron chi connectivity index (χ2n) is 3.50. The van der Waals surface area contributed by atoms with Gasteiger partial charge in [0.2, 0.25) is 0 Å². The molecule has 0 saturated heterocycles. The first-order valence-corrected chi connectivity index (χ1v) is 5.40. The van der Waals surface area contributed by atoms with Gasteiger partial charge < -0.3 is 15.2 Å². The molecular formula is C12H15N3O4. The summed E-state index contributed by atoms with van der Waals surface area (Å²) in [6.07, 6.45) is -0.289. The van der Waals surface area contributed by atoms with Gasteiger partial charge in [0.15, 0.2) is 5.71 Å². The summed E-state index contributed by atoms with van der Waals surface area (Å²) in [7, 11) is 2.42. The van der Waals surface area contributed by atoms with E-state index < -0.39 is 11.9 Å². The monoisotopic (exact) mass is 265 g/mol. The number of methoxy groups -OCH3 is 2. The maximum absolute atomic E-state index is 11.4. The van der Waals surface area contributed by atoms with Crippen molar-refractivity contribution in [3.8, 4) is 0 Å². The number of rotatable bonds is 5. The number of benzene rings is 1. The van der Waals surface area contributed by atoms with Crippen LogP contribution < -0.4 is 11.2 Å². The van der Waals surface area contributed by atoms with Crippen LogP contribution in [0, 0.1) is 0 Å². The lowest BCUT2D eigenvalue weighted by molar-refractivity contribution is -0.140. The molecule has 0 saturated carbocycles. The molecule has 0 fully saturated rings. The molecule has 102 valence electrons. The van der Waals surface area contributed by atoms with E-state index >= 15 is 0 Å². The number of hydrazone groups is 1. The van der Waals surface area contributed by atoms with E-state index in [1.54, 1.807) is 24.3 Å². The molecule has 1 aromatic rings. The number of nitrogens with two attached hydrogens (primary N) is 1. The van der Waals surface area contributed by atoms with E-state index in [0.29, 0.717) is 11.4 Å². The Morgan fingerprint density at radius 1 is 1.26 bits per heavy atom. The molecule has 0 aliphatic rings. The molecule has 0 amide bonds. The van der Waals surface area contributed by atoms with Crippen molar-refractivity contribution in [3.63, 3.8) is 0 Å². The van der Waals surface area contributed by atoms with Crippen LogP contribution in [-0.4, -0.2) is 31.9 Å². The maximum Gasteiger partial charge on any atom is 0.354 e. The molecule has 3 N–H and O–H groups in total. The first-order chi connectivity index (χ1) is 9.08. The Labute approximate surface area is 110 Å². The van der Waals surface area contributed by atoms with Gasteiger partial charge in [-0.25, -0.2) is 4.79 Å². The number of nitrogen functional groups attached to an aromatic ring is 1. The lowest BCUT2D eigenvalue weighted by Crippen LogP contribution is -2.21. The number of carbonyl (C=O) groups excluding carboxylic acids is 2. The SMILES string of the molecule is COC(=O)C/C(=N/Nc1ccccc1N)C(=O)OC. The van der Waals surface area contributed by atoms with Crippen LogP contribution in [0.1, 0.15) is 6.42 Å². The number of nitrogens with zero attached hydrogens (tertiary/aromatic N) is 1. The summed E-state index contributed by atoms with van der Waals surface area (Å²) >= 11 is 0. The molecule has 0 bridgehead atoms. The fraction of sp³-hybridized carbons (Fsp3) is 0.250. The summed E-state index contributed by atoms with van der Waals surface area (Å²) in [5.41, 5.74) is 9.20. The van der Waals surface area contributed by atoms with Crippen molar-refractivity contribution in [2.75, 3.05) is 25.4 Å². The summed E-state index contributed by atoms with van der Waals surface area (Å²) in [6.45, 7) is 0. The van der Waals surface area contributed by atoms with Gasteiger partial charge in [-0.2, -0.15) is 5.10 Å². The van der Waals surface area contributed by atoms with Crippen LogP contribution in [0.25, 0.3) is 0 Å². The number of para-hydroxylation sites is 2. The third kappa shape index (κ3) is 4.30. The van der Waals surface area contributed by atoms with Crippen LogP contribution >= 0.6 is 0 Å². The molecule has 7 heteroatoms. The number of hydrogen-bond acceptors (Lipinski definition) is 7. The minimum atomic E-state index is -0.715. The molecule has 1 rings (SSSR count). The zero-order valence-electron chi connectivity index (χ0n) is 10.7. The Kier molecular flexibility index (Phi) is 5.34. The second-order valence-corrected chi connectivity index (χ2v) is 3.50. The van der Waals surface area contributed by atoms with E-state index in [1.807, 2.05) is 0 Å². The van der Waals surface area contributed by atoms with E-state index in [0.717, 1.165) is 0 Å². The van der Waals surface area contributed by atoms with Gasteiger partial charge in [0.25, 0.3) is 0 Å². The van der Waals surface area contributed by atoms with E-state index in [4.69, 9.17) is 5.73 Å². The fourth-order valence-corrected chi connectivity index (χ4v) is 1.21. The summed E-state index contributed by atoms with van der Waals surface area (Å²) in [5.74, 6) is -1.31. The molecule has 0 heterocycles. The van der Waals surface area contributed by atoms with E-state index in [1.165, 1.54) is 14.2 Å². The summed E-state index contributed by atoms with van der Waals surface area (Å²) < 4.78 is 9.00. The first kappa shape index (κ1) is 14.5. The number of ether oxygens (including phenoxy) is 2. The molecule has 0 radical (unpaired) electrons. The molecular weight excluding hydrogens is 250 g/mol. The van der Waals surface area contributed by atoms with Crippen molar-refractivity contribution in [1.29, 1.82) is 0 Å². The van der Waals surface area contributed by atoms with Crippen molar-refractivity contribution in [3.05, 3.63) is 24.3 Å². The largest absolute Gasteiger partial charge is 0.469 e. The summed E-state index contributed by atoms with van der Waals surface area (Å²) in [6, 6.07) is 6.88. The molecule has 19 heavy (non-hydrogen) atoms. The molecule has 0 spiro atoms. The Bertz CT molecular complexity index is 500. The van der Waals surface area contributed by atoms with Crippen molar-refractivity contribution >= 4 is 29.0 Å². The zero-order chi connectivity index (χ0) is 14.3. The summed E-state index contributed by atoms with van der Waals surface area (Å²) in [4.78, 5) is 22.6. The van der Waals surface area contributed by atoms with Crippen LogP contribution in [0.15, 0.2) is 29.4 Å². The van der Waals surface area contributed by atoms with Crippen LogP contribution in [0.2, 0.25) is 0 Å². The molecule has 0 aliphatic carbocycles. The lowest BCUT2D eigenvalue weighted by atomic mass is 10.2. The first-order valence-electron chi connectivity index (χ1n) is 5.40. The highest BCUT2D eigenvalue weighted by Gasteiger charge is 2.17. The Balaban J connectivity index is 2.86. The van der Waals surface area contributed by atoms with Crippen LogP contribution in [-0.2, 0) is 19.1 Å². The minimum Gasteiger partial charge on any atom is -0.469 e. The number of anilines is 2. The van der Waals surface area contributed by atoms with Gasteiger partial charge in [0.05, 0.1) is 32.0 Å². The fourth-order valence-electron chi connectivity index (χ4n) is 1.21. The Hall–Kier alpha value is -2.57. The molecule has 0 aromatic heterocycles. The number of nitrogens with one attached hydrogen (secondary N) is 1.